The Kier molecular flexibility index (Phi) is 9.30. The summed E-state index contributed by atoms with van der Waals surface area (Å²) in [5, 5.41) is 3.77. The lowest BCUT2D eigenvalue weighted by atomic mass is 9.89. The summed E-state index contributed by atoms with van der Waals surface area (Å²) in [5.41, 5.74) is 0.908. The van der Waals surface area contributed by atoms with Gasteiger partial charge in [-0.15, -0.1) is 11.8 Å². The van der Waals surface area contributed by atoms with Crippen LogP contribution in [0.4, 0.5) is 9.93 Å². The van der Waals surface area contributed by atoms with Crippen molar-refractivity contribution < 1.29 is 14.3 Å². The first kappa shape index (κ1) is 23.4. The van der Waals surface area contributed by atoms with Crippen molar-refractivity contribution in [3.8, 4) is 0 Å². The molecule has 1 heterocycles. The fourth-order valence-corrected chi connectivity index (χ4v) is 6.66. The molecule has 1 aromatic rings. The molecule has 0 unspecified atom stereocenters. The molecular weight excluding hydrogens is 418 g/mol. The standard InChI is InChI=1S/C22H35N3O3S2/c1-3-28-19(26)14-15-29-20-16(2)23-21(30-20)24-22(27)25(17-10-6-4-7-11-17)18-12-8-5-9-13-18/h17-18H,3-15H2,1-2H3,(H,23,24,27). The number of carbonyl (C=O) groups excluding carboxylic acids is 2. The van der Waals surface area contributed by atoms with Crippen LogP contribution in [-0.4, -0.2) is 46.3 Å². The number of aryl methyl sites for hydroxylation is 1. The highest BCUT2D eigenvalue weighted by atomic mass is 32.2. The molecule has 6 nitrogen and oxygen atoms in total. The highest BCUT2D eigenvalue weighted by molar-refractivity contribution is 8.01. The lowest BCUT2D eigenvalue weighted by molar-refractivity contribution is -0.142. The number of amides is 2. The molecule has 2 saturated carbocycles. The number of aromatic nitrogens is 1. The van der Waals surface area contributed by atoms with Crippen molar-refractivity contribution in [3.05, 3.63) is 5.69 Å². The fourth-order valence-electron chi connectivity index (χ4n) is 4.53. The van der Waals surface area contributed by atoms with Gasteiger partial charge in [0.25, 0.3) is 0 Å². The van der Waals surface area contributed by atoms with Gasteiger partial charge in [-0.25, -0.2) is 9.78 Å². The zero-order chi connectivity index (χ0) is 21.3. The third-order valence-corrected chi connectivity index (χ3v) is 8.42. The number of thiazole rings is 1. The van der Waals surface area contributed by atoms with E-state index in [1.807, 2.05) is 13.8 Å². The average molecular weight is 454 g/mol. The molecule has 0 bridgehead atoms. The van der Waals surface area contributed by atoms with Crippen LogP contribution in [0.1, 0.15) is 83.2 Å². The zero-order valence-corrected chi connectivity index (χ0v) is 19.9. The molecule has 1 aromatic heterocycles. The molecule has 0 atom stereocenters. The summed E-state index contributed by atoms with van der Waals surface area (Å²) >= 11 is 3.11. The Morgan fingerprint density at radius 3 is 2.27 bits per heavy atom. The molecule has 0 radical (unpaired) electrons. The second-order valence-electron chi connectivity index (χ2n) is 8.22. The van der Waals surface area contributed by atoms with Gasteiger partial charge < -0.3 is 9.64 Å². The van der Waals surface area contributed by atoms with Crippen molar-refractivity contribution in [2.45, 2.75) is 101 Å². The maximum absolute atomic E-state index is 13.3. The van der Waals surface area contributed by atoms with E-state index in [1.54, 1.807) is 11.8 Å². The van der Waals surface area contributed by atoms with Crippen molar-refractivity contribution in [3.63, 3.8) is 0 Å². The number of rotatable bonds is 8. The number of carbonyl (C=O) groups is 2. The van der Waals surface area contributed by atoms with Crippen LogP contribution in [0.2, 0.25) is 0 Å². The van der Waals surface area contributed by atoms with Crippen LogP contribution in [0.3, 0.4) is 0 Å². The molecule has 1 N–H and O–H groups in total. The second kappa shape index (κ2) is 11.9. The van der Waals surface area contributed by atoms with Crippen LogP contribution in [0.5, 0.6) is 0 Å². The van der Waals surface area contributed by atoms with Crippen molar-refractivity contribution >= 4 is 40.2 Å². The summed E-state index contributed by atoms with van der Waals surface area (Å²) in [6.45, 7) is 4.19. The first-order valence-corrected chi connectivity index (χ1v) is 13.2. The Bertz CT molecular complexity index is 680. The minimum Gasteiger partial charge on any atom is -0.466 e. The molecule has 0 aromatic carbocycles. The minimum absolute atomic E-state index is 0.0191. The molecule has 0 spiro atoms. The zero-order valence-electron chi connectivity index (χ0n) is 18.3. The predicted molar refractivity (Wildman–Crippen MR) is 123 cm³/mol. The van der Waals surface area contributed by atoms with E-state index in [2.05, 4.69) is 15.2 Å². The maximum Gasteiger partial charge on any atom is 0.324 e. The summed E-state index contributed by atoms with van der Waals surface area (Å²) in [7, 11) is 0. The minimum atomic E-state index is -0.170. The lowest BCUT2D eigenvalue weighted by Gasteiger charge is -2.41. The van der Waals surface area contributed by atoms with E-state index in [0.29, 0.717) is 36.0 Å². The van der Waals surface area contributed by atoms with E-state index in [4.69, 9.17) is 4.74 Å². The third-order valence-electron chi connectivity index (χ3n) is 5.98. The summed E-state index contributed by atoms with van der Waals surface area (Å²) in [6.07, 6.45) is 12.3. The van der Waals surface area contributed by atoms with E-state index in [-0.39, 0.29) is 12.0 Å². The number of nitrogens with zero attached hydrogens (tertiary/aromatic N) is 2. The predicted octanol–water partition coefficient (Wildman–Crippen LogP) is 6.00. The third kappa shape index (κ3) is 6.61. The van der Waals surface area contributed by atoms with Crippen LogP contribution in [0.15, 0.2) is 4.21 Å². The fraction of sp³-hybridized carbons (Fsp3) is 0.773. The topological polar surface area (TPSA) is 71.5 Å². The van der Waals surface area contributed by atoms with Crippen molar-refractivity contribution in [1.82, 2.24) is 9.88 Å². The number of ether oxygens (including phenoxy) is 1. The van der Waals surface area contributed by atoms with Crippen LogP contribution in [-0.2, 0) is 9.53 Å². The van der Waals surface area contributed by atoms with Crippen LogP contribution in [0.25, 0.3) is 0 Å². The van der Waals surface area contributed by atoms with Gasteiger partial charge in [-0.1, -0.05) is 49.9 Å². The SMILES string of the molecule is CCOC(=O)CCSc1sc(NC(=O)N(C2CCCCC2)C2CCCCC2)nc1C. The Morgan fingerprint density at radius 1 is 1.10 bits per heavy atom. The lowest BCUT2D eigenvalue weighted by Crippen LogP contribution is -2.50. The Labute approximate surface area is 188 Å². The second-order valence-corrected chi connectivity index (χ2v) is 10.6. The van der Waals surface area contributed by atoms with Crippen LogP contribution in [0, 0.1) is 6.92 Å². The molecule has 0 saturated heterocycles. The molecule has 30 heavy (non-hydrogen) atoms. The number of anilines is 1. The monoisotopic (exact) mass is 453 g/mol. The van der Waals surface area contributed by atoms with Crippen molar-refractivity contribution in [2.75, 3.05) is 17.7 Å². The van der Waals surface area contributed by atoms with Gasteiger partial charge in [-0.3, -0.25) is 10.1 Å². The molecule has 168 valence electrons. The molecule has 2 aliphatic rings. The van der Waals surface area contributed by atoms with Gasteiger partial charge in [0, 0.05) is 17.8 Å². The molecular formula is C22H35N3O3S2. The van der Waals surface area contributed by atoms with Gasteiger partial charge in [0.2, 0.25) is 0 Å². The number of nitrogens with one attached hydrogen (secondary N) is 1. The number of urea groups is 1. The van der Waals surface area contributed by atoms with Gasteiger partial charge >= 0.3 is 12.0 Å². The van der Waals surface area contributed by atoms with E-state index < -0.39 is 0 Å². The molecule has 2 amide bonds. The van der Waals surface area contributed by atoms with E-state index in [9.17, 15) is 9.59 Å². The maximum atomic E-state index is 13.3. The largest absolute Gasteiger partial charge is 0.466 e. The van der Waals surface area contributed by atoms with E-state index in [0.717, 1.165) is 35.6 Å². The van der Waals surface area contributed by atoms with Gasteiger partial charge in [-0.2, -0.15) is 0 Å². The van der Waals surface area contributed by atoms with Gasteiger partial charge in [-0.05, 0) is 39.5 Å². The average Bonchev–Trinajstić information content (AvgIpc) is 3.09. The first-order chi connectivity index (χ1) is 14.6. The molecule has 2 aliphatic carbocycles. The van der Waals surface area contributed by atoms with Crippen LogP contribution < -0.4 is 5.32 Å². The summed E-state index contributed by atoms with van der Waals surface area (Å²) in [6, 6.07) is 0.744. The van der Waals surface area contributed by atoms with E-state index >= 15 is 0 Å². The molecule has 2 fully saturated rings. The first-order valence-electron chi connectivity index (χ1n) is 11.4. The Morgan fingerprint density at radius 2 is 1.70 bits per heavy atom. The van der Waals surface area contributed by atoms with Crippen LogP contribution >= 0.6 is 23.1 Å². The Balaban J connectivity index is 1.61. The summed E-state index contributed by atoms with van der Waals surface area (Å²) in [5.74, 6) is 0.488. The smallest absolute Gasteiger partial charge is 0.324 e. The normalized spacial score (nSPS) is 18.2. The highest BCUT2D eigenvalue weighted by Gasteiger charge is 2.33. The highest BCUT2D eigenvalue weighted by Crippen LogP contribution is 2.34. The van der Waals surface area contributed by atoms with Gasteiger partial charge in [0.1, 0.15) is 0 Å². The summed E-state index contributed by atoms with van der Waals surface area (Å²) in [4.78, 5) is 31.6. The number of hydrogen-bond donors (Lipinski definition) is 1. The van der Waals surface area contributed by atoms with Gasteiger partial charge in [0.15, 0.2) is 5.13 Å². The molecule has 3 rings (SSSR count). The van der Waals surface area contributed by atoms with Gasteiger partial charge in [0.05, 0.1) is 22.9 Å². The Hall–Kier alpha value is -1.28. The van der Waals surface area contributed by atoms with Crippen molar-refractivity contribution in [2.24, 2.45) is 0 Å². The number of hydrogen-bond acceptors (Lipinski definition) is 6. The summed E-state index contributed by atoms with van der Waals surface area (Å²) < 4.78 is 6.03. The quantitative estimate of drug-likeness (QED) is 0.386. The van der Waals surface area contributed by atoms with Crippen molar-refractivity contribution in [1.29, 1.82) is 0 Å². The number of thioether (sulfide) groups is 1. The number of esters is 1. The molecule has 0 aliphatic heterocycles. The van der Waals surface area contributed by atoms with E-state index in [1.165, 1.54) is 49.9 Å². The molecule has 8 heteroatoms.